The van der Waals surface area contributed by atoms with Crippen LogP contribution in [0.2, 0.25) is 0 Å². The van der Waals surface area contributed by atoms with Crippen LogP contribution in [0.4, 0.5) is 22.0 Å². The number of carbonyl (C=O) groups is 2. The topological polar surface area (TPSA) is 114 Å². The van der Waals surface area contributed by atoms with Gasteiger partial charge in [-0.3, -0.25) is 28.3 Å². The van der Waals surface area contributed by atoms with Crippen LogP contribution in [0.3, 0.4) is 0 Å². The van der Waals surface area contributed by atoms with E-state index in [9.17, 15) is 31.9 Å². The first kappa shape index (κ1) is 30.3. The Bertz CT molecular complexity index is 1780. The molecule has 1 aromatic carbocycles. The van der Waals surface area contributed by atoms with E-state index in [-0.39, 0.29) is 28.4 Å². The minimum absolute atomic E-state index is 0.138. The van der Waals surface area contributed by atoms with E-state index < -0.39 is 53.6 Å². The normalized spacial score (nSPS) is 13.4. The lowest BCUT2D eigenvalue weighted by molar-refractivity contribution is -0.150. The molecule has 0 aliphatic carbocycles. The summed E-state index contributed by atoms with van der Waals surface area (Å²) in [5.41, 5.74) is 2.94. The molecule has 4 aromatic rings. The third-order valence-corrected chi connectivity index (χ3v) is 8.39. The van der Waals surface area contributed by atoms with Gasteiger partial charge >= 0.3 is 12.1 Å². The number of nitrogens with zero attached hydrogens (tertiary/aromatic N) is 4. The number of alkyl halides is 3. The zero-order chi connectivity index (χ0) is 30.4. The van der Waals surface area contributed by atoms with E-state index in [1.807, 2.05) is 0 Å². The van der Waals surface area contributed by atoms with Gasteiger partial charge in [-0.15, -0.1) is 22.7 Å². The van der Waals surface area contributed by atoms with Crippen LogP contribution in [-0.2, 0) is 47.7 Å². The molecule has 0 aliphatic rings. The number of carbonyl (C=O) groups excluding carboxylic acids is 2. The predicted molar refractivity (Wildman–Crippen MR) is 142 cm³/mol. The summed E-state index contributed by atoms with van der Waals surface area (Å²) >= 11 is 2.02. The van der Waals surface area contributed by atoms with Crippen molar-refractivity contribution >= 4 is 44.8 Å². The quantitative estimate of drug-likeness (QED) is 0.250. The summed E-state index contributed by atoms with van der Waals surface area (Å²) in [6, 6.07) is 0.237. The summed E-state index contributed by atoms with van der Waals surface area (Å²) in [5, 5.41) is 3.21. The third kappa shape index (κ3) is 5.76. The molecule has 3 heterocycles. The van der Waals surface area contributed by atoms with E-state index in [0.29, 0.717) is 21.8 Å². The highest BCUT2D eigenvalue weighted by Gasteiger charge is 2.39. The van der Waals surface area contributed by atoms with Crippen LogP contribution in [0.1, 0.15) is 25.0 Å². The standard InChI is InChI=1S/C25H24F5N5O4S2/c1-11(2)20(31)23(38)39-10-35-15(13-5-6-14(26)18(19(13)27)25(28,29)30)9-41-24(35)32-16(36)7-12-8-40-22-17(12)21(37)33(3)34(22)4/h5-6,8-9,11,20H,7,10,31H2,1-4H3/b32-24-/t20-/m0/s1. The molecular weight excluding hydrogens is 593 g/mol. The molecule has 0 saturated carbocycles. The Morgan fingerprint density at radius 2 is 1.78 bits per heavy atom. The van der Waals surface area contributed by atoms with Crippen LogP contribution in [0.15, 0.2) is 32.7 Å². The number of aromatic nitrogens is 3. The Hall–Kier alpha value is -3.63. The van der Waals surface area contributed by atoms with E-state index in [4.69, 9.17) is 10.5 Å². The van der Waals surface area contributed by atoms with Crippen molar-refractivity contribution in [3.8, 4) is 11.3 Å². The molecule has 0 bridgehead atoms. The van der Waals surface area contributed by atoms with Gasteiger partial charge in [-0.1, -0.05) is 13.8 Å². The van der Waals surface area contributed by atoms with E-state index >= 15 is 4.39 Å². The number of ether oxygens (including phenoxy) is 1. The van der Waals surface area contributed by atoms with E-state index in [2.05, 4.69) is 4.99 Å². The summed E-state index contributed by atoms with van der Waals surface area (Å²) in [5.74, 6) is -5.56. The molecule has 0 fully saturated rings. The number of aryl methyl sites for hydroxylation is 1. The highest BCUT2D eigenvalue weighted by molar-refractivity contribution is 7.17. The maximum atomic E-state index is 15.0. The van der Waals surface area contributed by atoms with Crippen molar-refractivity contribution in [3.63, 3.8) is 0 Å². The van der Waals surface area contributed by atoms with Crippen molar-refractivity contribution in [2.24, 2.45) is 30.7 Å². The number of fused-ring (bicyclic) bond motifs is 1. The molecule has 3 aromatic heterocycles. The number of benzene rings is 1. The molecule has 0 saturated heterocycles. The van der Waals surface area contributed by atoms with Crippen molar-refractivity contribution in [1.29, 1.82) is 0 Å². The molecule has 0 radical (unpaired) electrons. The molecule has 2 N–H and O–H groups in total. The van der Waals surface area contributed by atoms with Crippen molar-refractivity contribution in [3.05, 3.63) is 60.8 Å². The van der Waals surface area contributed by atoms with Crippen molar-refractivity contribution < 1.29 is 36.3 Å². The minimum Gasteiger partial charge on any atom is -0.443 e. The number of rotatable bonds is 7. The zero-order valence-corrected chi connectivity index (χ0v) is 23.7. The number of nitrogens with two attached hydrogens (primary N) is 1. The summed E-state index contributed by atoms with van der Waals surface area (Å²) in [6.07, 6.45) is -5.61. The van der Waals surface area contributed by atoms with Gasteiger partial charge < -0.3 is 10.5 Å². The second kappa shape index (κ2) is 11.3. The Balaban J connectivity index is 1.78. The molecule has 9 nitrogen and oxygen atoms in total. The van der Waals surface area contributed by atoms with Crippen LogP contribution in [0.25, 0.3) is 21.5 Å². The maximum absolute atomic E-state index is 15.0. The van der Waals surface area contributed by atoms with Gasteiger partial charge in [0, 0.05) is 25.0 Å². The Morgan fingerprint density at radius 3 is 2.41 bits per heavy atom. The molecule has 4 rings (SSSR count). The van der Waals surface area contributed by atoms with Crippen molar-refractivity contribution in [2.45, 2.75) is 39.2 Å². The van der Waals surface area contributed by atoms with E-state index in [0.717, 1.165) is 22.0 Å². The van der Waals surface area contributed by atoms with Gasteiger partial charge in [0.2, 0.25) is 0 Å². The Morgan fingerprint density at radius 1 is 1.10 bits per heavy atom. The first-order valence-electron chi connectivity index (χ1n) is 12.0. The molecule has 0 aliphatic heterocycles. The fourth-order valence-corrected chi connectivity index (χ4v) is 5.96. The molecule has 1 amide bonds. The summed E-state index contributed by atoms with van der Waals surface area (Å²) in [6.45, 7) is 2.66. The lowest BCUT2D eigenvalue weighted by Crippen LogP contribution is -2.37. The summed E-state index contributed by atoms with van der Waals surface area (Å²) in [7, 11) is 3.27. The second-order valence-electron chi connectivity index (χ2n) is 9.45. The average Bonchev–Trinajstić information content (AvgIpc) is 3.53. The zero-order valence-electron chi connectivity index (χ0n) is 22.1. The van der Waals surface area contributed by atoms with Gasteiger partial charge in [0.1, 0.15) is 28.1 Å². The lowest BCUT2D eigenvalue weighted by Gasteiger charge is -2.17. The number of hydrogen-bond acceptors (Lipinski definition) is 7. The van der Waals surface area contributed by atoms with Crippen molar-refractivity contribution in [2.75, 3.05) is 0 Å². The summed E-state index contributed by atoms with van der Waals surface area (Å²) in [4.78, 5) is 42.5. The molecule has 41 heavy (non-hydrogen) atoms. The number of hydrogen-bond donors (Lipinski definition) is 1. The fourth-order valence-electron chi connectivity index (χ4n) is 3.99. The first-order chi connectivity index (χ1) is 19.1. The average molecular weight is 618 g/mol. The second-order valence-corrected chi connectivity index (χ2v) is 11.1. The summed E-state index contributed by atoms with van der Waals surface area (Å²) < 4.78 is 78.4. The Labute approximate surface area is 236 Å². The molecule has 0 spiro atoms. The molecule has 1 atom stereocenters. The Kier molecular flexibility index (Phi) is 8.38. The van der Waals surface area contributed by atoms with Gasteiger partial charge in [-0.25, -0.2) is 8.78 Å². The molecular formula is C25H24F5N5O4S2. The van der Waals surface area contributed by atoms with Gasteiger partial charge in [-0.05, 0) is 29.0 Å². The van der Waals surface area contributed by atoms with Crippen LogP contribution < -0.4 is 16.1 Å². The fraction of sp³-hybridized carbons (Fsp3) is 0.360. The van der Waals surface area contributed by atoms with Crippen LogP contribution in [-0.4, -0.2) is 31.8 Å². The molecule has 0 unspecified atom stereocenters. The van der Waals surface area contributed by atoms with Gasteiger partial charge in [0.05, 0.1) is 17.5 Å². The highest BCUT2D eigenvalue weighted by Crippen LogP contribution is 2.37. The van der Waals surface area contributed by atoms with Gasteiger partial charge in [0.15, 0.2) is 11.5 Å². The number of amides is 1. The maximum Gasteiger partial charge on any atom is 0.422 e. The largest absolute Gasteiger partial charge is 0.443 e. The first-order valence-corrected chi connectivity index (χ1v) is 13.7. The molecule has 16 heteroatoms. The number of thiazole rings is 1. The monoisotopic (exact) mass is 617 g/mol. The molecule has 220 valence electrons. The third-order valence-electron chi connectivity index (χ3n) is 6.44. The van der Waals surface area contributed by atoms with Gasteiger partial charge in [0.25, 0.3) is 11.5 Å². The van der Waals surface area contributed by atoms with E-state index in [1.54, 1.807) is 38.0 Å². The smallest absolute Gasteiger partial charge is 0.422 e. The van der Waals surface area contributed by atoms with Crippen LogP contribution >= 0.6 is 22.7 Å². The predicted octanol–water partition coefficient (Wildman–Crippen LogP) is 3.92. The number of thiophene rings is 1. The van der Waals surface area contributed by atoms with Gasteiger partial charge in [-0.2, -0.15) is 18.2 Å². The SMILES string of the molecule is CC(C)[C@H](N)C(=O)OCn1c(-c2ccc(F)c(C(F)(F)F)c2F)cs/c1=N\C(=O)Cc1csc2c1c(=O)n(C)n2C. The lowest BCUT2D eigenvalue weighted by atomic mass is 10.1. The minimum atomic E-state index is -5.33. The highest BCUT2D eigenvalue weighted by atomic mass is 32.1. The van der Waals surface area contributed by atoms with Crippen molar-refractivity contribution in [1.82, 2.24) is 13.9 Å². The van der Waals surface area contributed by atoms with Crippen LogP contribution in [0.5, 0.6) is 0 Å². The number of halogens is 5. The van der Waals surface area contributed by atoms with E-state index in [1.165, 1.54) is 21.4 Å². The van der Waals surface area contributed by atoms with Crippen LogP contribution in [0, 0.1) is 17.6 Å². The number of esters is 1.